The van der Waals surface area contributed by atoms with E-state index in [0.29, 0.717) is 5.65 Å². The highest BCUT2D eigenvalue weighted by Crippen LogP contribution is 2.25. The van der Waals surface area contributed by atoms with Crippen molar-refractivity contribution < 1.29 is 14.3 Å². The summed E-state index contributed by atoms with van der Waals surface area (Å²) in [6, 6.07) is 8.56. The molecule has 2 aromatic heterocycles. The number of pyridine rings is 1. The van der Waals surface area contributed by atoms with Crippen molar-refractivity contribution in [3.63, 3.8) is 0 Å². The number of halogens is 1. The van der Waals surface area contributed by atoms with Gasteiger partial charge < -0.3 is 10.4 Å². The van der Waals surface area contributed by atoms with E-state index in [4.69, 9.17) is 0 Å². The van der Waals surface area contributed by atoms with Gasteiger partial charge in [0.15, 0.2) is 5.82 Å². The molecule has 0 spiro atoms. The molecule has 1 amide bonds. The highest BCUT2D eigenvalue weighted by molar-refractivity contribution is 6.04. The molecular formula is C15H10FN3O3. The lowest BCUT2D eigenvalue weighted by Crippen LogP contribution is -2.26. The number of hydrogen-bond donors (Lipinski definition) is 2. The first-order valence-corrected chi connectivity index (χ1v) is 6.33. The van der Waals surface area contributed by atoms with Crippen LogP contribution in [0.15, 0.2) is 53.6 Å². The first-order valence-electron chi connectivity index (χ1n) is 6.33. The third kappa shape index (κ3) is 2.28. The fourth-order valence-corrected chi connectivity index (χ4v) is 2.00. The molecule has 110 valence electrons. The standard InChI is InChI=1S/C15H10FN3O3/c16-10-4-3-5-11(20)13(10)18-14(21)9-8-17-12-6-1-2-7-19(12)15(9)22/h1-8,20H,(H,18,21). The molecule has 0 unspecified atom stereocenters. The van der Waals surface area contributed by atoms with Crippen LogP contribution in [0, 0.1) is 5.82 Å². The van der Waals surface area contributed by atoms with Crippen molar-refractivity contribution in [1.82, 2.24) is 9.38 Å². The number of aromatic hydroxyl groups is 1. The number of fused-ring (bicyclic) bond motifs is 1. The van der Waals surface area contributed by atoms with Gasteiger partial charge in [-0.05, 0) is 24.3 Å². The lowest BCUT2D eigenvalue weighted by atomic mass is 10.2. The minimum atomic E-state index is -0.851. The van der Waals surface area contributed by atoms with Gasteiger partial charge in [-0.3, -0.25) is 14.0 Å². The number of amides is 1. The van der Waals surface area contributed by atoms with Gasteiger partial charge in [0.2, 0.25) is 0 Å². The van der Waals surface area contributed by atoms with E-state index >= 15 is 0 Å². The molecular weight excluding hydrogens is 289 g/mol. The summed E-state index contributed by atoms with van der Waals surface area (Å²) in [7, 11) is 0. The van der Waals surface area contributed by atoms with Crippen LogP contribution < -0.4 is 10.9 Å². The molecule has 1 aromatic carbocycles. The number of hydrogen-bond acceptors (Lipinski definition) is 4. The van der Waals surface area contributed by atoms with Crippen LogP contribution in [-0.4, -0.2) is 20.4 Å². The third-order valence-corrected chi connectivity index (χ3v) is 3.09. The molecule has 3 aromatic rings. The topological polar surface area (TPSA) is 83.7 Å². The first-order chi connectivity index (χ1) is 10.6. The second-order valence-corrected chi connectivity index (χ2v) is 4.49. The van der Waals surface area contributed by atoms with Crippen LogP contribution in [0.2, 0.25) is 0 Å². The van der Waals surface area contributed by atoms with Crippen molar-refractivity contribution >= 4 is 17.2 Å². The Morgan fingerprint density at radius 1 is 1.23 bits per heavy atom. The average Bonchev–Trinajstić information content (AvgIpc) is 2.51. The molecule has 2 heterocycles. The van der Waals surface area contributed by atoms with Crippen molar-refractivity contribution in [2.24, 2.45) is 0 Å². The Bertz CT molecular complexity index is 916. The Balaban J connectivity index is 2.03. The molecule has 0 bridgehead atoms. The van der Waals surface area contributed by atoms with E-state index in [-0.39, 0.29) is 11.3 Å². The van der Waals surface area contributed by atoms with Crippen LogP contribution in [0.4, 0.5) is 10.1 Å². The van der Waals surface area contributed by atoms with Crippen LogP contribution in [-0.2, 0) is 0 Å². The van der Waals surface area contributed by atoms with Crippen LogP contribution >= 0.6 is 0 Å². The Hall–Kier alpha value is -3.22. The number of aromatic nitrogens is 2. The number of rotatable bonds is 2. The zero-order valence-electron chi connectivity index (χ0n) is 11.2. The zero-order valence-corrected chi connectivity index (χ0v) is 11.2. The van der Waals surface area contributed by atoms with Gasteiger partial charge in [-0.2, -0.15) is 0 Å². The maximum absolute atomic E-state index is 13.6. The number of carbonyl (C=O) groups excluding carboxylic acids is 1. The van der Waals surface area contributed by atoms with Crippen molar-refractivity contribution in [2.45, 2.75) is 0 Å². The fourth-order valence-electron chi connectivity index (χ4n) is 2.00. The van der Waals surface area contributed by atoms with Gasteiger partial charge in [0.05, 0.1) is 0 Å². The van der Waals surface area contributed by atoms with E-state index < -0.39 is 23.0 Å². The zero-order chi connectivity index (χ0) is 15.7. The second kappa shape index (κ2) is 5.28. The molecule has 22 heavy (non-hydrogen) atoms. The lowest BCUT2D eigenvalue weighted by molar-refractivity contribution is 0.102. The summed E-state index contributed by atoms with van der Waals surface area (Å²) in [5.74, 6) is -2.08. The van der Waals surface area contributed by atoms with E-state index in [1.807, 2.05) is 0 Å². The van der Waals surface area contributed by atoms with E-state index in [9.17, 15) is 19.1 Å². The van der Waals surface area contributed by atoms with E-state index in [1.54, 1.807) is 18.2 Å². The summed E-state index contributed by atoms with van der Waals surface area (Å²) in [6.07, 6.45) is 2.59. The number of phenolic OH excluding ortho intramolecular Hbond substituents is 1. The predicted octanol–water partition coefficient (Wildman–Crippen LogP) is 1.79. The van der Waals surface area contributed by atoms with Gasteiger partial charge >= 0.3 is 0 Å². The van der Waals surface area contributed by atoms with E-state index in [1.165, 1.54) is 22.7 Å². The van der Waals surface area contributed by atoms with Crippen molar-refractivity contribution in [1.29, 1.82) is 0 Å². The molecule has 0 aliphatic carbocycles. The molecule has 0 saturated heterocycles. The summed E-state index contributed by atoms with van der Waals surface area (Å²) in [4.78, 5) is 28.4. The fraction of sp³-hybridized carbons (Fsp3) is 0. The predicted molar refractivity (Wildman–Crippen MR) is 77.5 cm³/mol. The molecule has 3 rings (SSSR count). The maximum atomic E-state index is 13.6. The normalized spacial score (nSPS) is 10.6. The largest absolute Gasteiger partial charge is 0.506 e. The van der Waals surface area contributed by atoms with Crippen LogP contribution in [0.25, 0.3) is 5.65 Å². The maximum Gasteiger partial charge on any atom is 0.270 e. The molecule has 2 N–H and O–H groups in total. The highest BCUT2D eigenvalue weighted by Gasteiger charge is 2.17. The first kappa shape index (κ1) is 13.7. The molecule has 6 nitrogen and oxygen atoms in total. The summed E-state index contributed by atoms with van der Waals surface area (Å²) in [5, 5.41) is 11.8. The summed E-state index contributed by atoms with van der Waals surface area (Å²) in [6.45, 7) is 0. The van der Waals surface area contributed by atoms with Crippen molar-refractivity contribution in [2.75, 3.05) is 5.32 Å². The number of nitrogens with one attached hydrogen (secondary N) is 1. The molecule has 0 aliphatic rings. The molecule has 7 heteroatoms. The third-order valence-electron chi connectivity index (χ3n) is 3.09. The van der Waals surface area contributed by atoms with Crippen LogP contribution in [0.3, 0.4) is 0 Å². The van der Waals surface area contributed by atoms with Gasteiger partial charge in [-0.15, -0.1) is 0 Å². The monoisotopic (exact) mass is 299 g/mol. The van der Waals surface area contributed by atoms with Crippen molar-refractivity contribution in [3.8, 4) is 5.75 Å². The molecule has 0 saturated carbocycles. The minimum Gasteiger partial charge on any atom is -0.506 e. The summed E-state index contributed by atoms with van der Waals surface area (Å²) in [5.41, 5.74) is -0.840. The lowest BCUT2D eigenvalue weighted by Gasteiger charge is -2.08. The Morgan fingerprint density at radius 3 is 2.82 bits per heavy atom. The Labute approximate surface area is 123 Å². The Morgan fingerprint density at radius 2 is 2.05 bits per heavy atom. The van der Waals surface area contributed by atoms with Crippen LogP contribution in [0.1, 0.15) is 10.4 Å². The molecule has 0 aliphatic heterocycles. The van der Waals surface area contributed by atoms with Gasteiger partial charge in [-0.25, -0.2) is 9.37 Å². The quantitative estimate of drug-likeness (QED) is 0.707. The Kier molecular flexibility index (Phi) is 3.30. The molecule has 0 fully saturated rings. The minimum absolute atomic E-state index is 0.258. The number of carbonyl (C=O) groups is 1. The summed E-state index contributed by atoms with van der Waals surface area (Å²) >= 11 is 0. The van der Waals surface area contributed by atoms with E-state index in [2.05, 4.69) is 10.3 Å². The molecule has 0 atom stereocenters. The van der Waals surface area contributed by atoms with Gasteiger partial charge in [0.1, 0.15) is 22.6 Å². The number of nitrogens with zero attached hydrogens (tertiary/aromatic N) is 2. The van der Waals surface area contributed by atoms with Gasteiger partial charge in [0, 0.05) is 12.4 Å². The molecule has 0 radical (unpaired) electrons. The number of benzene rings is 1. The number of anilines is 1. The average molecular weight is 299 g/mol. The van der Waals surface area contributed by atoms with E-state index in [0.717, 1.165) is 12.3 Å². The van der Waals surface area contributed by atoms with Gasteiger partial charge in [0.25, 0.3) is 11.5 Å². The second-order valence-electron chi connectivity index (χ2n) is 4.49. The van der Waals surface area contributed by atoms with Crippen molar-refractivity contribution in [3.05, 3.63) is 70.5 Å². The highest BCUT2D eigenvalue weighted by atomic mass is 19.1. The van der Waals surface area contributed by atoms with Crippen LogP contribution in [0.5, 0.6) is 5.75 Å². The number of para-hydroxylation sites is 1. The summed E-state index contributed by atoms with van der Waals surface area (Å²) < 4.78 is 14.8. The number of phenols is 1. The van der Waals surface area contributed by atoms with Gasteiger partial charge in [-0.1, -0.05) is 12.1 Å². The SMILES string of the molecule is O=C(Nc1c(O)cccc1F)c1cnc2ccccn2c1=O. The smallest absolute Gasteiger partial charge is 0.270 e.